The Kier molecular flexibility index (Phi) is 12.2. The number of rotatable bonds is 14. The minimum absolute atomic E-state index is 0.0750. The highest BCUT2D eigenvalue weighted by Gasteiger charge is 2.16. The van der Waals surface area contributed by atoms with Gasteiger partial charge in [0, 0.05) is 26.9 Å². The number of carbonyl (C=O) groups excluding carboxylic acids is 2. The molecule has 1 rings (SSSR count). The number of pyridine rings is 1. The third-order valence-corrected chi connectivity index (χ3v) is 5.14. The van der Waals surface area contributed by atoms with Crippen molar-refractivity contribution in [2.45, 2.75) is 90.9 Å². The summed E-state index contributed by atoms with van der Waals surface area (Å²) in [5.41, 5.74) is 0. The second kappa shape index (κ2) is 14.1. The van der Waals surface area contributed by atoms with Crippen LogP contribution in [-0.4, -0.2) is 30.9 Å². The Balaban J connectivity index is 2.54. The van der Waals surface area contributed by atoms with E-state index in [-0.39, 0.29) is 11.8 Å². The monoisotopic (exact) mass is 389 g/mol. The molecule has 5 heteroatoms. The fourth-order valence-corrected chi connectivity index (χ4v) is 3.14. The maximum Gasteiger partial charge on any atom is 0.227 e. The maximum absolute atomic E-state index is 12.4. The number of nitrogens with zero attached hydrogens (tertiary/aromatic N) is 3. The van der Waals surface area contributed by atoms with Crippen molar-refractivity contribution in [1.82, 2.24) is 4.98 Å². The molecular weight excluding hydrogens is 350 g/mol. The number of anilines is 2. The van der Waals surface area contributed by atoms with E-state index < -0.39 is 0 Å². The first-order valence-electron chi connectivity index (χ1n) is 11.0. The smallest absolute Gasteiger partial charge is 0.227 e. The first kappa shape index (κ1) is 24.1. The van der Waals surface area contributed by atoms with Crippen molar-refractivity contribution in [3.8, 4) is 0 Å². The molecule has 0 saturated carbocycles. The molecule has 0 aromatic carbocycles. The molecule has 158 valence electrons. The topological polar surface area (TPSA) is 53.5 Å². The maximum atomic E-state index is 12.4. The van der Waals surface area contributed by atoms with Gasteiger partial charge in [-0.1, -0.05) is 71.3 Å². The van der Waals surface area contributed by atoms with Crippen LogP contribution < -0.4 is 9.80 Å². The largest absolute Gasteiger partial charge is 0.300 e. The minimum Gasteiger partial charge on any atom is -0.300 e. The fraction of sp³-hybridized carbons (Fsp3) is 0.696. The van der Waals surface area contributed by atoms with Crippen LogP contribution >= 0.6 is 0 Å². The second-order valence-electron chi connectivity index (χ2n) is 7.59. The van der Waals surface area contributed by atoms with Crippen molar-refractivity contribution >= 4 is 23.5 Å². The first-order chi connectivity index (χ1) is 13.5. The van der Waals surface area contributed by atoms with Gasteiger partial charge in [-0.3, -0.25) is 19.4 Å². The van der Waals surface area contributed by atoms with Crippen LogP contribution in [0.4, 0.5) is 11.6 Å². The quantitative estimate of drug-likeness (QED) is 0.382. The molecule has 2 amide bonds. The van der Waals surface area contributed by atoms with Crippen molar-refractivity contribution in [1.29, 1.82) is 0 Å². The van der Waals surface area contributed by atoms with E-state index in [1.165, 1.54) is 38.5 Å². The zero-order valence-corrected chi connectivity index (χ0v) is 18.4. The molecule has 0 atom stereocenters. The first-order valence-corrected chi connectivity index (χ1v) is 11.0. The fourth-order valence-electron chi connectivity index (χ4n) is 3.14. The van der Waals surface area contributed by atoms with Gasteiger partial charge in [-0.25, -0.2) is 4.98 Å². The van der Waals surface area contributed by atoms with Gasteiger partial charge in [-0.15, -0.1) is 0 Å². The number of hydrogen-bond acceptors (Lipinski definition) is 3. The molecular formula is C23H39N3O2. The average Bonchev–Trinajstić information content (AvgIpc) is 2.72. The summed E-state index contributed by atoms with van der Waals surface area (Å²) in [6.07, 6.45) is 12.3. The number of amides is 2. The highest BCUT2D eigenvalue weighted by Crippen LogP contribution is 2.18. The summed E-state index contributed by atoms with van der Waals surface area (Å²) in [4.78, 5) is 32.6. The summed E-state index contributed by atoms with van der Waals surface area (Å²) in [7, 11) is 3.52. The summed E-state index contributed by atoms with van der Waals surface area (Å²) in [6.45, 7) is 4.37. The van der Waals surface area contributed by atoms with Crippen LogP contribution in [0.2, 0.25) is 0 Å². The van der Waals surface area contributed by atoms with Crippen LogP contribution in [0.15, 0.2) is 18.2 Å². The lowest BCUT2D eigenvalue weighted by molar-refractivity contribution is -0.119. The van der Waals surface area contributed by atoms with Crippen molar-refractivity contribution in [3.63, 3.8) is 0 Å². The summed E-state index contributed by atoms with van der Waals surface area (Å²) in [5, 5.41) is 0. The number of aromatic nitrogens is 1. The van der Waals surface area contributed by atoms with Crippen molar-refractivity contribution in [2.24, 2.45) is 0 Å². The van der Waals surface area contributed by atoms with Crippen LogP contribution in [0.1, 0.15) is 90.9 Å². The van der Waals surface area contributed by atoms with Crippen LogP contribution in [0.5, 0.6) is 0 Å². The second-order valence-corrected chi connectivity index (χ2v) is 7.59. The molecule has 0 aliphatic heterocycles. The van der Waals surface area contributed by atoms with Crippen molar-refractivity contribution in [2.75, 3.05) is 23.9 Å². The summed E-state index contributed by atoms with van der Waals surface area (Å²) in [5.74, 6) is 1.34. The number of hydrogen-bond donors (Lipinski definition) is 0. The number of carbonyl (C=O) groups is 2. The minimum atomic E-state index is 0.0750. The molecule has 5 nitrogen and oxygen atoms in total. The lowest BCUT2D eigenvalue weighted by Crippen LogP contribution is -2.29. The Hall–Kier alpha value is -1.91. The van der Waals surface area contributed by atoms with Gasteiger partial charge in [0.2, 0.25) is 11.8 Å². The Morgan fingerprint density at radius 1 is 0.714 bits per heavy atom. The molecule has 0 unspecified atom stereocenters. The van der Waals surface area contributed by atoms with E-state index in [1.807, 2.05) is 18.2 Å². The van der Waals surface area contributed by atoms with Gasteiger partial charge in [0.25, 0.3) is 0 Å². The van der Waals surface area contributed by atoms with E-state index in [2.05, 4.69) is 18.8 Å². The molecule has 0 bridgehead atoms. The van der Waals surface area contributed by atoms with Crippen molar-refractivity contribution in [3.05, 3.63) is 18.2 Å². The molecule has 0 aliphatic carbocycles. The standard InChI is InChI=1S/C23H39N3O2/c1-5-7-9-11-13-18-22(27)25(3)20-16-15-17-21(24-20)26(4)23(28)19-14-12-10-8-6-2/h15-17H,5-14,18-19H2,1-4H3. The summed E-state index contributed by atoms with van der Waals surface area (Å²) >= 11 is 0. The van der Waals surface area contributed by atoms with Crippen molar-refractivity contribution < 1.29 is 9.59 Å². The lowest BCUT2D eigenvalue weighted by Gasteiger charge is -2.20. The molecule has 0 fully saturated rings. The third kappa shape index (κ3) is 8.85. The molecule has 1 heterocycles. The van der Waals surface area contributed by atoms with Crippen LogP contribution in [0.3, 0.4) is 0 Å². The van der Waals surface area contributed by atoms with Gasteiger partial charge in [-0.2, -0.15) is 0 Å². The lowest BCUT2D eigenvalue weighted by atomic mass is 10.1. The molecule has 1 aromatic rings. The summed E-state index contributed by atoms with van der Waals surface area (Å²) < 4.78 is 0. The Bertz CT molecular complexity index is 542. The van der Waals surface area contributed by atoms with E-state index in [4.69, 9.17) is 0 Å². The molecule has 1 aromatic heterocycles. The van der Waals surface area contributed by atoms with E-state index >= 15 is 0 Å². The molecule has 0 spiro atoms. The number of unbranched alkanes of at least 4 members (excludes halogenated alkanes) is 8. The van der Waals surface area contributed by atoms with Gasteiger partial charge in [0.05, 0.1) is 0 Å². The Labute approximate surface area is 171 Å². The van der Waals surface area contributed by atoms with E-state index in [0.29, 0.717) is 24.5 Å². The van der Waals surface area contributed by atoms with Gasteiger partial charge in [0.1, 0.15) is 11.6 Å². The molecule has 0 aliphatic rings. The zero-order chi connectivity index (χ0) is 20.8. The summed E-state index contributed by atoms with van der Waals surface area (Å²) in [6, 6.07) is 5.50. The molecule has 0 N–H and O–H groups in total. The van der Waals surface area contributed by atoms with Gasteiger partial charge in [-0.05, 0) is 25.0 Å². The zero-order valence-electron chi connectivity index (χ0n) is 18.4. The predicted molar refractivity (Wildman–Crippen MR) is 118 cm³/mol. The highest BCUT2D eigenvalue weighted by atomic mass is 16.2. The Morgan fingerprint density at radius 3 is 1.50 bits per heavy atom. The van der Waals surface area contributed by atoms with Gasteiger partial charge < -0.3 is 0 Å². The van der Waals surface area contributed by atoms with Crippen LogP contribution in [0.25, 0.3) is 0 Å². The van der Waals surface area contributed by atoms with E-state index in [0.717, 1.165) is 25.7 Å². The normalized spacial score (nSPS) is 10.7. The third-order valence-electron chi connectivity index (χ3n) is 5.14. The van der Waals surface area contributed by atoms with Gasteiger partial charge >= 0.3 is 0 Å². The molecule has 0 saturated heterocycles. The van der Waals surface area contributed by atoms with E-state index in [9.17, 15) is 9.59 Å². The van der Waals surface area contributed by atoms with Crippen LogP contribution in [0, 0.1) is 0 Å². The highest BCUT2D eigenvalue weighted by molar-refractivity contribution is 5.94. The molecule has 0 radical (unpaired) electrons. The Morgan fingerprint density at radius 2 is 1.11 bits per heavy atom. The van der Waals surface area contributed by atoms with Crippen LogP contribution in [-0.2, 0) is 9.59 Å². The SMILES string of the molecule is CCCCCCCC(=O)N(C)c1cccc(N(C)C(=O)CCCCCCC)n1. The average molecular weight is 390 g/mol. The molecule has 28 heavy (non-hydrogen) atoms. The predicted octanol–water partition coefficient (Wildman–Crippen LogP) is 5.73. The van der Waals surface area contributed by atoms with E-state index in [1.54, 1.807) is 23.9 Å². The van der Waals surface area contributed by atoms with Gasteiger partial charge in [0.15, 0.2) is 0 Å².